The summed E-state index contributed by atoms with van der Waals surface area (Å²) in [6.07, 6.45) is 8.10. The monoisotopic (exact) mass is 562 g/mol. The van der Waals surface area contributed by atoms with Crippen molar-refractivity contribution >= 4 is 50.0 Å². The van der Waals surface area contributed by atoms with Gasteiger partial charge in [0.25, 0.3) is 0 Å². The van der Waals surface area contributed by atoms with Crippen molar-refractivity contribution in [3.63, 3.8) is 0 Å². The molecule has 5 rings (SSSR count). The molecule has 1 saturated carbocycles. The van der Waals surface area contributed by atoms with Crippen LogP contribution < -0.4 is 20.1 Å². The zero-order valence-electron chi connectivity index (χ0n) is 21.2. The third-order valence-corrected chi connectivity index (χ3v) is 7.15. The lowest BCUT2D eigenvalue weighted by Gasteiger charge is -2.33. The SMILES string of the molecule is COc1cc(Nc2nccc(Nc3cnc4ccc(Br)cc4c3)n2)ccc1OC1CCC(N(C)C)CC1. The highest BCUT2D eigenvalue weighted by atomic mass is 79.9. The van der Waals surface area contributed by atoms with Crippen LogP contribution in [0.25, 0.3) is 10.9 Å². The smallest absolute Gasteiger partial charge is 0.229 e. The summed E-state index contributed by atoms with van der Waals surface area (Å²) >= 11 is 3.52. The molecule has 0 spiro atoms. The minimum Gasteiger partial charge on any atom is -0.493 e. The van der Waals surface area contributed by atoms with Crippen LogP contribution in [0.1, 0.15) is 25.7 Å². The zero-order chi connectivity index (χ0) is 25.8. The Balaban J connectivity index is 1.25. The Labute approximate surface area is 225 Å². The van der Waals surface area contributed by atoms with Gasteiger partial charge in [-0.3, -0.25) is 4.98 Å². The van der Waals surface area contributed by atoms with Gasteiger partial charge in [-0.1, -0.05) is 15.9 Å². The molecule has 8 nitrogen and oxygen atoms in total. The van der Waals surface area contributed by atoms with Crippen LogP contribution in [0.15, 0.2) is 65.4 Å². The fraction of sp³-hybridized carbons (Fsp3) is 0.321. The predicted molar refractivity (Wildman–Crippen MR) is 151 cm³/mol. The number of aromatic nitrogens is 3. The molecule has 37 heavy (non-hydrogen) atoms. The van der Waals surface area contributed by atoms with E-state index in [1.165, 1.54) is 0 Å². The number of halogens is 1. The molecule has 0 atom stereocenters. The molecule has 9 heteroatoms. The summed E-state index contributed by atoms with van der Waals surface area (Å²) in [5.41, 5.74) is 2.59. The van der Waals surface area contributed by atoms with Crippen molar-refractivity contribution in [3.8, 4) is 11.5 Å². The number of nitrogens with zero attached hydrogens (tertiary/aromatic N) is 4. The number of ether oxygens (including phenoxy) is 2. The molecule has 0 bridgehead atoms. The number of rotatable bonds is 8. The predicted octanol–water partition coefficient (Wildman–Crippen LogP) is 6.53. The molecule has 0 unspecified atom stereocenters. The molecule has 1 fully saturated rings. The molecule has 2 aromatic carbocycles. The van der Waals surface area contributed by atoms with Crippen molar-refractivity contribution in [1.29, 1.82) is 0 Å². The minimum atomic E-state index is 0.209. The van der Waals surface area contributed by atoms with Crippen molar-refractivity contribution < 1.29 is 9.47 Å². The topological polar surface area (TPSA) is 84.4 Å². The highest BCUT2D eigenvalue weighted by Gasteiger charge is 2.24. The second-order valence-electron chi connectivity index (χ2n) is 9.45. The average Bonchev–Trinajstić information content (AvgIpc) is 2.90. The first-order valence-corrected chi connectivity index (χ1v) is 13.2. The fourth-order valence-corrected chi connectivity index (χ4v) is 5.02. The summed E-state index contributed by atoms with van der Waals surface area (Å²) in [6.45, 7) is 0. The van der Waals surface area contributed by atoms with Crippen molar-refractivity contribution in [1.82, 2.24) is 19.9 Å². The van der Waals surface area contributed by atoms with E-state index < -0.39 is 0 Å². The Kier molecular flexibility index (Phi) is 7.71. The van der Waals surface area contributed by atoms with Crippen molar-refractivity contribution in [2.75, 3.05) is 31.8 Å². The number of benzene rings is 2. The Morgan fingerprint density at radius 1 is 0.892 bits per heavy atom. The Hall–Kier alpha value is -3.43. The Morgan fingerprint density at radius 2 is 1.73 bits per heavy atom. The summed E-state index contributed by atoms with van der Waals surface area (Å²) in [5, 5.41) is 7.61. The summed E-state index contributed by atoms with van der Waals surface area (Å²) in [4.78, 5) is 15.8. The van der Waals surface area contributed by atoms with E-state index >= 15 is 0 Å². The summed E-state index contributed by atoms with van der Waals surface area (Å²) in [7, 11) is 5.96. The summed E-state index contributed by atoms with van der Waals surface area (Å²) < 4.78 is 13.0. The molecule has 192 valence electrons. The van der Waals surface area contributed by atoms with Crippen LogP contribution in [-0.2, 0) is 0 Å². The van der Waals surface area contributed by atoms with Gasteiger partial charge in [0, 0.05) is 33.9 Å². The average molecular weight is 564 g/mol. The van der Waals surface area contributed by atoms with Gasteiger partial charge in [-0.05, 0) is 82.2 Å². The minimum absolute atomic E-state index is 0.209. The first kappa shape index (κ1) is 25.2. The lowest BCUT2D eigenvalue weighted by atomic mass is 9.92. The molecule has 2 aromatic heterocycles. The maximum absolute atomic E-state index is 6.31. The van der Waals surface area contributed by atoms with Gasteiger partial charge < -0.3 is 25.0 Å². The molecule has 0 radical (unpaired) electrons. The molecule has 1 aliphatic rings. The number of methoxy groups -OCH3 is 1. The van der Waals surface area contributed by atoms with E-state index in [1.54, 1.807) is 19.5 Å². The van der Waals surface area contributed by atoms with Gasteiger partial charge >= 0.3 is 0 Å². The molecule has 0 saturated heterocycles. The van der Waals surface area contributed by atoms with Gasteiger partial charge in [-0.25, -0.2) is 4.98 Å². The van der Waals surface area contributed by atoms with E-state index in [-0.39, 0.29) is 6.10 Å². The highest BCUT2D eigenvalue weighted by Crippen LogP contribution is 2.34. The third-order valence-electron chi connectivity index (χ3n) is 6.66. The van der Waals surface area contributed by atoms with Crippen LogP contribution in [0.5, 0.6) is 11.5 Å². The van der Waals surface area contributed by atoms with Crippen LogP contribution >= 0.6 is 15.9 Å². The van der Waals surface area contributed by atoms with E-state index in [9.17, 15) is 0 Å². The Bertz CT molecular complexity index is 1370. The Morgan fingerprint density at radius 3 is 2.51 bits per heavy atom. The number of fused-ring (bicyclic) bond motifs is 1. The van der Waals surface area contributed by atoms with Crippen molar-refractivity contribution in [2.45, 2.75) is 37.8 Å². The molecule has 1 aliphatic carbocycles. The normalized spacial score (nSPS) is 17.5. The van der Waals surface area contributed by atoms with Gasteiger partial charge in [0.2, 0.25) is 5.95 Å². The second kappa shape index (κ2) is 11.3. The standard InChI is InChI=1S/C28H31BrN6O2/c1-35(2)22-6-8-23(9-7-22)37-25-11-5-20(16-26(25)36-3)33-28-30-13-12-27(34-28)32-21-15-18-14-19(29)4-10-24(18)31-17-21/h4-5,10-17,22-23H,6-9H2,1-3H3,(H2,30,32,33,34). The number of hydrogen-bond donors (Lipinski definition) is 2. The molecule has 4 aromatic rings. The van der Waals surface area contributed by atoms with Gasteiger partial charge in [0.15, 0.2) is 11.5 Å². The quantitative estimate of drug-likeness (QED) is 0.250. The number of anilines is 4. The molecular formula is C28H31BrN6O2. The van der Waals surface area contributed by atoms with E-state index in [4.69, 9.17) is 9.47 Å². The maximum Gasteiger partial charge on any atom is 0.229 e. The van der Waals surface area contributed by atoms with E-state index in [2.05, 4.69) is 60.5 Å². The van der Waals surface area contributed by atoms with Gasteiger partial charge in [-0.15, -0.1) is 0 Å². The lowest BCUT2D eigenvalue weighted by Crippen LogP contribution is -2.35. The van der Waals surface area contributed by atoms with Gasteiger partial charge in [0.1, 0.15) is 5.82 Å². The molecule has 0 amide bonds. The second-order valence-corrected chi connectivity index (χ2v) is 10.4. The summed E-state index contributed by atoms with van der Waals surface area (Å²) in [6, 6.07) is 16.3. The van der Waals surface area contributed by atoms with Gasteiger partial charge in [-0.2, -0.15) is 4.98 Å². The van der Waals surface area contributed by atoms with Crippen LogP contribution in [0, 0.1) is 0 Å². The molecule has 2 heterocycles. The van der Waals surface area contributed by atoms with E-state index in [0.29, 0.717) is 23.6 Å². The summed E-state index contributed by atoms with van der Waals surface area (Å²) in [5.74, 6) is 2.57. The number of hydrogen-bond acceptors (Lipinski definition) is 8. The molecule has 0 aliphatic heterocycles. The third kappa shape index (κ3) is 6.29. The molecule has 2 N–H and O–H groups in total. The van der Waals surface area contributed by atoms with E-state index in [1.807, 2.05) is 48.5 Å². The maximum atomic E-state index is 6.31. The lowest BCUT2D eigenvalue weighted by molar-refractivity contribution is 0.108. The molecular weight excluding hydrogens is 532 g/mol. The van der Waals surface area contributed by atoms with Crippen molar-refractivity contribution in [2.24, 2.45) is 0 Å². The van der Waals surface area contributed by atoms with E-state index in [0.717, 1.165) is 58.2 Å². The number of nitrogens with one attached hydrogen (secondary N) is 2. The number of pyridine rings is 1. The largest absolute Gasteiger partial charge is 0.493 e. The van der Waals surface area contributed by atoms with Crippen molar-refractivity contribution in [3.05, 3.63) is 65.4 Å². The van der Waals surface area contributed by atoms with Gasteiger partial charge in [0.05, 0.1) is 30.6 Å². The van der Waals surface area contributed by atoms with Crippen LogP contribution in [0.3, 0.4) is 0 Å². The van der Waals surface area contributed by atoms with Crippen LogP contribution in [0.4, 0.5) is 23.1 Å². The van der Waals surface area contributed by atoms with Crippen LogP contribution in [0.2, 0.25) is 0 Å². The zero-order valence-corrected chi connectivity index (χ0v) is 22.8. The highest BCUT2D eigenvalue weighted by molar-refractivity contribution is 9.10. The van der Waals surface area contributed by atoms with Crippen LogP contribution in [-0.4, -0.2) is 53.2 Å². The first-order valence-electron chi connectivity index (χ1n) is 12.4. The fourth-order valence-electron chi connectivity index (χ4n) is 4.64. The first-order chi connectivity index (χ1) is 18.0.